The Kier molecular flexibility index (Phi) is 3.19. The number of azo groups is 1. The summed E-state index contributed by atoms with van der Waals surface area (Å²) in [7, 11) is 0. The molecule has 0 fully saturated rings. The average Bonchev–Trinajstić information content (AvgIpc) is 2.27. The van der Waals surface area contributed by atoms with Crippen LogP contribution in [0.1, 0.15) is 6.42 Å². The summed E-state index contributed by atoms with van der Waals surface area (Å²) in [5.41, 5.74) is 0.402. The fraction of sp³-hybridized carbons (Fsp3) is 0.333. The highest BCUT2D eigenvalue weighted by atomic mass is 19.3. The molecule has 0 saturated heterocycles. The van der Waals surface area contributed by atoms with Gasteiger partial charge in [-0.15, -0.1) is 0 Å². The van der Waals surface area contributed by atoms with E-state index in [0.29, 0.717) is 17.8 Å². The molecule has 0 N–H and O–H groups in total. The molecule has 1 aliphatic rings. The maximum absolute atomic E-state index is 13.4. The standard InChI is InChI=1S/C12H10F4N2/c13-11(14)7-6-10(12(15,16)8-11)18-17-9-4-2-1-3-5-9/h1-7,10H,8H2. The number of hydrogen-bond donors (Lipinski definition) is 0. The Morgan fingerprint density at radius 3 is 2.33 bits per heavy atom. The normalized spacial score (nSPS) is 25.4. The van der Waals surface area contributed by atoms with E-state index in [-0.39, 0.29) is 0 Å². The van der Waals surface area contributed by atoms with Crippen molar-refractivity contribution >= 4 is 5.69 Å². The molecule has 96 valence electrons. The topological polar surface area (TPSA) is 24.7 Å². The van der Waals surface area contributed by atoms with Gasteiger partial charge in [-0.05, 0) is 18.2 Å². The van der Waals surface area contributed by atoms with Gasteiger partial charge >= 0.3 is 0 Å². The van der Waals surface area contributed by atoms with Gasteiger partial charge in [0.15, 0.2) is 6.04 Å². The maximum atomic E-state index is 13.4. The van der Waals surface area contributed by atoms with Crippen molar-refractivity contribution in [1.82, 2.24) is 0 Å². The van der Waals surface area contributed by atoms with E-state index < -0.39 is 24.3 Å². The number of hydrogen-bond acceptors (Lipinski definition) is 2. The number of allylic oxidation sites excluding steroid dienone is 1. The predicted molar refractivity (Wildman–Crippen MR) is 58.4 cm³/mol. The SMILES string of the molecule is FC1(F)C=CC(N=Nc2ccccc2)C(F)(F)C1. The molecule has 0 radical (unpaired) electrons. The molecule has 0 bridgehead atoms. The lowest BCUT2D eigenvalue weighted by Crippen LogP contribution is -2.40. The van der Waals surface area contributed by atoms with Gasteiger partial charge in [-0.3, -0.25) is 0 Å². The Balaban J connectivity index is 2.17. The fourth-order valence-corrected chi connectivity index (χ4v) is 1.60. The number of rotatable bonds is 2. The van der Waals surface area contributed by atoms with Crippen LogP contribution in [0.3, 0.4) is 0 Å². The van der Waals surface area contributed by atoms with Gasteiger partial charge in [0.1, 0.15) is 0 Å². The lowest BCUT2D eigenvalue weighted by atomic mass is 9.96. The van der Waals surface area contributed by atoms with E-state index in [9.17, 15) is 17.6 Å². The molecule has 2 nitrogen and oxygen atoms in total. The lowest BCUT2D eigenvalue weighted by Gasteiger charge is -2.28. The van der Waals surface area contributed by atoms with E-state index in [4.69, 9.17) is 0 Å². The minimum atomic E-state index is -3.59. The quantitative estimate of drug-likeness (QED) is 0.427. The molecule has 0 amide bonds. The first-order valence-electron chi connectivity index (χ1n) is 5.30. The molecular formula is C12H10F4N2. The van der Waals surface area contributed by atoms with Gasteiger partial charge in [-0.2, -0.15) is 10.2 Å². The van der Waals surface area contributed by atoms with E-state index in [0.717, 1.165) is 0 Å². The largest absolute Gasteiger partial charge is 0.281 e. The highest BCUT2D eigenvalue weighted by molar-refractivity contribution is 5.34. The van der Waals surface area contributed by atoms with Crippen molar-refractivity contribution in [1.29, 1.82) is 0 Å². The van der Waals surface area contributed by atoms with Crippen molar-refractivity contribution in [2.45, 2.75) is 24.3 Å². The summed E-state index contributed by atoms with van der Waals surface area (Å²) in [6.07, 6.45) is -0.371. The molecule has 0 aliphatic heterocycles. The minimum absolute atomic E-state index is 0.402. The molecule has 0 spiro atoms. The zero-order valence-corrected chi connectivity index (χ0v) is 9.23. The van der Waals surface area contributed by atoms with Crippen LogP contribution in [-0.4, -0.2) is 17.9 Å². The number of nitrogens with zero attached hydrogens (tertiary/aromatic N) is 2. The van der Waals surface area contributed by atoms with Crippen LogP contribution in [0.15, 0.2) is 52.7 Å². The van der Waals surface area contributed by atoms with Gasteiger partial charge in [0.25, 0.3) is 11.8 Å². The van der Waals surface area contributed by atoms with Crippen molar-refractivity contribution in [3.05, 3.63) is 42.5 Å². The Labute approximate surface area is 101 Å². The molecule has 0 heterocycles. The molecule has 6 heteroatoms. The summed E-state index contributed by atoms with van der Waals surface area (Å²) < 4.78 is 52.4. The first-order valence-corrected chi connectivity index (χ1v) is 5.30. The van der Waals surface area contributed by atoms with Crippen molar-refractivity contribution in [3.8, 4) is 0 Å². The summed E-state index contributed by atoms with van der Waals surface area (Å²) in [5, 5.41) is 7.05. The Morgan fingerprint density at radius 1 is 1.06 bits per heavy atom. The Hall–Kier alpha value is -1.72. The lowest BCUT2D eigenvalue weighted by molar-refractivity contribution is -0.102. The van der Waals surface area contributed by atoms with Gasteiger partial charge in [-0.1, -0.05) is 24.3 Å². The monoisotopic (exact) mass is 258 g/mol. The highest BCUT2D eigenvalue weighted by Crippen LogP contribution is 2.40. The van der Waals surface area contributed by atoms with E-state index in [1.165, 1.54) is 0 Å². The molecule has 1 aromatic rings. The summed E-state index contributed by atoms with van der Waals surface area (Å²) >= 11 is 0. The summed E-state index contributed by atoms with van der Waals surface area (Å²) in [6.45, 7) is 0. The van der Waals surface area contributed by atoms with Gasteiger partial charge in [-0.25, -0.2) is 17.6 Å². The smallest absolute Gasteiger partial charge is 0.204 e. The van der Waals surface area contributed by atoms with Crippen LogP contribution in [-0.2, 0) is 0 Å². The van der Waals surface area contributed by atoms with Crippen LogP contribution >= 0.6 is 0 Å². The first kappa shape index (κ1) is 12.7. The van der Waals surface area contributed by atoms with Crippen molar-refractivity contribution in [2.24, 2.45) is 10.2 Å². The van der Waals surface area contributed by atoms with Gasteiger partial charge in [0, 0.05) is 0 Å². The third kappa shape index (κ3) is 2.94. The summed E-state index contributed by atoms with van der Waals surface area (Å²) in [5.74, 6) is -7.07. The zero-order chi connectivity index (χ0) is 13.2. The van der Waals surface area contributed by atoms with Crippen LogP contribution < -0.4 is 0 Å². The molecule has 1 aromatic carbocycles. The zero-order valence-electron chi connectivity index (χ0n) is 9.23. The molecule has 0 saturated carbocycles. The van der Waals surface area contributed by atoms with Crippen LogP contribution in [0.25, 0.3) is 0 Å². The third-order valence-corrected chi connectivity index (χ3v) is 2.48. The second-order valence-corrected chi connectivity index (χ2v) is 4.05. The molecule has 18 heavy (non-hydrogen) atoms. The Bertz CT molecular complexity index is 468. The van der Waals surface area contributed by atoms with E-state index in [1.807, 2.05) is 0 Å². The molecule has 1 atom stereocenters. The second kappa shape index (κ2) is 4.51. The molecule has 0 aromatic heterocycles. The predicted octanol–water partition coefficient (Wildman–Crippen LogP) is 4.37. The number of alkyl halides is 4. The molecule has 1 unspecified atom stereocenters. The van der Waals surface area contributed by atoms with Crippen molar-refractivity contribution < 1.29 is 17.6 Å². The van der Waals surface area contributed by atoms with Crippen LogP contribution in [0, 0.1) is 0 Å². The van der Waals surface area contributed by atoms with E-state index in [2.05, 4.69) is 10.2 Å². The summed E-state index contributed by atoms with van der Waals surface area (Å²) in [4.78, 5) is 0. The first-order chi connectivity index (χ1) is 8.39. The van der Waals surface area contributed by atoms with Crippen LogP contribution in [0.2, 0.25) is 0 Å². The van der Waals surface area contributed by atoms with E-state index in [1.54, 1.807) is 30.3 Å². The van der Waals surface area contributed by atoms with Crippen molar-refractivity contribution in [2.75, 3.05) is 0 Å². The molecular weight excluding hydrogens is 248 g/mol. The van der Waals surface area contributed by atoms with Crippen LogP contribution in [0.5, 0.6) is 0 Å². The second-order valence-electron chi connectivity index (χ2n) is 4.05. The van der Waals surface area contributed by atoms with E-state index >= 15 is 0 Å². The van der Waals surface area contributed by atoms with Gasteiger partial charge in [0.05, 0.1) is 12.1 Å². The fourth-order valence-electron chi connectivity index (χ4n) is 1.60. The number of benzene rings is 1. The molecule has 2 rings (SSSR count). The van der Waals surface area contributed by atoms with Gasteiger partial charge < -0.3 is 0 Å². The highest BCUT2D eigenvalue weighted by Gasteiger charge is 2.50. The van der Waals surface area contributed by atoms with Crippen molar-refractivity contribution in [3.63, 3.8) is 0 Å². The number of halogens is 4. The average molecular weight is 258 g/mol. The third-order valence-electron chi connectivity index (χ3n) is 2.48. The molecule has 1 aliphatic carbocycles. The maximum Gasteiger partial charge on any atom is 0.281 e. The Morgan fingerprint density at radius 2 is 1.72 bits per heavy atom. The van der Waals surface area contributed by atoms with Gasteiger partial charge in [0.2, 0.25) is 0 Å². The minimum Gasteiger partial charge on any atom is -0.204 e. The summed E-state index contributed by atoms with van der Waals surface area (Å²) in [6, 6.07) is 6.63. The van der Waals surface area contributed by atoms with Crippen LogP contribution in [0.4, 0.5) is 23.2 Å².